The quantitative estimate of drug-likeness (QED) is 0.582. The van der Waals surface area contributed by atoms with E-state index in [0.717, 1.165) is 11.8 Å². The first kappa shape index (κ1) is 8.59. The summed E-state index contributed by atoms with van der Waals surface area (Å²) in [6.45, 7) is 4.66. The van der Waals surface area contributed by atoms with Gasteiger partial charge in [-0.3, -0.25) is 0 Å². The highest BCUT2D eigenvalue weighted by Crippen LogP contribution is 2.60. The van der Waals surface area contributed by atoms with Crippen molar-refractivity contribution in [1.82, 2.24) is 0 Å². The lowest BCUT2D eigenvalue weighted by Gasteiger charge is -1.97. The van der Waals surface area contributed by atoms with Crippen molar-refractivity contribution in [3.63, 3.8) is 0 Å². The van der Waals surface area contributed by atoms with Crippen LogP contribution >= 0.6 is 0 Å². The van der Waals surface area contributed by atoms with Crippen LogP contribution in [0.1, 0.15) is 52.4 Å². The van der Waals surface area contributed by atoms with Crippen LogP contribution in [0.15, 0.2) is 0 Å². The average Bonchev–Trinajstić information content (AvgIpc) is 2.94. The Balaban J connectivity index is 1.62. The van der Waals surface area contributed by atoms with Crippen molar-refractivity contribution in [2.75, 3.05) is 0 Å². The molecule has 70 valence electrons. The molecular formula is C12H22. The molecule has 2 fully saturated rings. The molecule has 2 saturated carbocycles. The summed E-state index contributed by atoms with van der Waals surface area (Å²) in [4.78, 5) is 0. The normalized spacial score (nSPS) is 44.5. The van der Waals surface area contributed by atoms with Crippen LogP contribution < -0.4 is 0 Å². The second kappa shape index (κ2) is 3.40. The molecular weight excluding hydrogens is 144 g/mol. The zero-order valence-electron chi connectivity index (χ0n) is 8.55. The van der Waals surface area contributed by atoms with E-state index in [1.807, 2.05) is 0 Å². The lowest BCUT2D eigenvalue weighted by Crippen LogP contribution is -1.88. The van der Waals surface area contributed by atoms with E-state index in [9.17, 15) is 0 Å². The van der Waals surface area contributed by atoms with Gasteiger partial charge >= 0.3 is 0 Å². The third kappa shape index (κ3) is 1.67. The molecule has 0 aromatic heterocycles. The zero-order chi connectivity index (χ0) is 8.55. The van der Waals surface area contributed by atoms with Gasteiger partial charge in [-0.1, -0.05) is 39.5 Å². The van der Waals surface area contributed by atoms with Crippen molar-refractivity contribution in [3.05, 3.63) is 0 Å². The third-order valence-corrected chi connectivity index (χ3v) is 3.96. The molecule has 0 aromatic rings. The van der Waals surface area contributed by atoms with Gasteiger partial charge in [0.1, 0.15) is 0 Å². The Morgan fingerprint density at radius 3 is 2.25 bits per heavy atom. The average molecular weight is 166 g/mol. The minimum absolute atomic E-state index is 1.14. The van der Waals surface area contributed by atoms with Gasteiger partial charge in [0.25, 0.3) is 0 Å². The highest BCUT2D eigenvalue weighted by atomic mass is 14.6. The first-order valence-electron chi connectivity index (χ1n) is 5.86. The smallest absolute Gasteiger partial charge is 0.0352 e. The van der Waals surface area contributed by atoms with Gasteiger partial charge in [0, 0.05) is 0 Å². The van der Waals surface area contributed by atoms with Gasteiger partial charge < -0.3 is 0 Å². The molecule has 0 N–H and O–H groups in total. The van der Waals surface area contributed by atoms with E-state index in [1.54, 1.807) is 12.8 Å². The van der Waals surface area contributed by atoms with Crippen LogP contribution in [0.25, 0.3) is 0 Å². The summed E-state index contributed by atoms with van der Waals surface area (Å²) in [5, 5.41) is 0. The van der Waals surface area contributed by atoms with Crippen molar-refractivity contribution in [2.45, 2.75) is 52.4 Å². The molecule has 0 bridgehead atoms. The van der Waals surface area contributed by atoms with Crippen LogP contribution in [0.2, 0.25) is 0 Å². The van der Waals surface area contributed by atoms with E-state index in [4.69, 9.17) is 0 Å². The van der Waals surface area contributed by atoms with Crippen molar-refractivity contribution >= 4 is 0 Å². The number of rotatable bonds is 5. The molecule has 2 aliphatic carbocycles. The molecule has 0 heteroatoms. The van der Waals surface area contributed by atoms with Crippen molar-refractivity contribution in [1.29, 1.82) is 0 Å². The molecule has 4 unspecified atom stereocenters. The van der Waals surface area contributed by atoms with Crippen molar-refractivity contribution in [3.8, 4) is 0 Å². The maximum absolute atomic E-state index is 2.36. The Hall–Kier alpha value is 0. The second-order valence-corrected chi connectivity index (χ2v) is 4.87. The molecule has 0 aliphatic heterocycles. The van der Waals surface area contributed by atoms with Gasteiger partial charge in [0.05, 0.1) is 0 Å². The molecule has 0 saturated heterocycles. The zero-order valence-corrected chi connectivity index (χ0v) is 8.55. The van der Waals surface area contributed by atoms with Crippen molar-refractivity contribution < 1.29 is 0 Å². The summed E-state index contributed by atoms with van der Waals surface area (Å²) in [7, 11) is 0. The molecule has 12 heavy (non-hydrogen) atoms. The Morgan fingerprint density at radius 2 is 1.67 bits per heavy atom. The largest absolute Gasteiger partial charge is 0.0654 e. The Kier molecular flexibility index (Phi) is 2.43. The monoisotopic (exact) mass is 166 g/mol. The fourth-order valence-electron chi connectivity index (χ4n) is 2.86. The van der Waals surface area contributed by atoms with E-state index in [-0.39, 0.29) is 0 Å². The molecule has 0 spiro atoms. The predicted molar refractivity (Wildman–Crippen MR) is 53.0 cm³/mol. The Labute approximate surface area is 76.7 Å². The van der Waals surface area contributed by atoms with Crippen LogP contribution in [-0.2, 0) is 0 Å². The number of unbranched alkanes of at least 4 members (excludes halogenated alkanes) is 1. The van der Waals surface area contributed by atoms with E-state index >= 15 is 0 Å². The molecule has 4 atom stereocenters. The summed E-state index contributed by atoms with van der Waals surface area (Å²) in [6, 6.07) is 0. The van der Waals surface area contributed by atoms with Crippen LogP contribution in [0.5, 0.6) is 0 Å². The van der Waals surface area contributed by atoms with E-state index in [0.29, 0.717) is 0 Å². The van der Waals surface area contributed by atoms with Crippen LogP contribution in [0.3, 0.4) is 0 Å². The Morgan fingerprint density at radius 1 is 1.00 bits per heavy atom. The van der Waals surface area contributed by atoms with Crippen LogP contribution in [0, 0.1) is 23.7 Å². The highest BCUT2D eigenvalue weighted by molar-refractivity contribution is 5.01. The topological polar surface area (TPSA) is 0 Å². The highest BCUT2D eigenvalue weighted by Gasteiger charge is 2.51. The summed E-state index contributed by atoms with van der Waals surface area (Å²) >= 11 is 0. The summed E-state index contributed by atoms with van der Waals surface area (Å²) in [6.07, 6.45) is 9.01. The van der Waals surface area contributed by atoms with Crippen LogP contribution in [-0.4, -0.2) is 0 Å². The molecule has 2 aliphatic rings. The van der Waals surface area contributed by atoms with Gasteiger partial charge in [-0.15, -0.1) is 0 Å². The standard InChI is InChI=1S/C12H22/c1-3-5-6-10-8-12(10)11-7-9(11)4-2/h9-12H,3-8H2,1-2H3. The first-order chi connectivity index (χ1) is 5.86. The molecule has 0 heterocycles. The van der Waals surface area contributed by atoms with Crippen molar-refractivity contribution in [2.24, 2.45) is 23.7 Å². The van der Waals surface area contributed by atoms with E-state index in [1.165, 1.54) is 37.5 Å². The SMILES string of the molecule is CCCCC1CC1C1CC1CC. The molecule has 0 radical (unpaired) electrons. The minimum Gasteiger partial charge on any atom is -0.0654 e. The summed E-state index contributed by atoms with van der Waals surface area (Å²) < 4.78 is 0. The second-order valence-electron chi connectivity index (χ2n) is 4.87. The fourth-order valence-corrected chi connectivity index (χ4v) is 2.86. The lowest BCUT2D eigenvalue weighted by atomic mass is 10.1. The van der Waals surface area contributed by atoms with Gasteiger partial charge in [-0.05, 0) is 36.5 Å². The minimum atomic E-state index is 1.14. The molecule has 0 amide bonds. The fraction of sp³-hybridized carbons (Fsp3) is 1.00. The van der Waals surface area contributed by atoms with Gasteiger partial charge in [0.2, 0.25) is 0 Å². The first-order valence-corrected chi connectivity index (χ1v) is 5.86. The molecule has 0 nitrogen and oxygen atoms in total. The summed E-state index contributed by atoms with van der Waals surface area (Å²) in [5.41, 5.74) is 0. The summed E-state index contributed by atoms with van der Waals surface area (Å²) in [5.74, 6) is 4.66. The Bertz CT molecular complexity index is 150. The van der Waals surface area contributed by atoms with Crippen LogP contribution in [0.4, 0.5) is 0 Å². The number of hydrogen-bond donors (Lipinski definition) is 0. The lowest BCUT2D eigenvalue weighted by molar-refractivity contribution is 0.534. The maximum atomic E-state index is 2.36. The van der Waals surface area contributed by atoms with E-state index < -0.39 is 0 Å². The predicted octanol–water partition coefficient (Wildman–Crippen LogP) is 3.86. The van der Waals surface area contributed by atoms with E-state index in [2.05, 4.69) is 13.8 Å². The molecule has 0 aromatic carbocycles. The number of hydrogen-bond acceptors (Lipinski definition) is 0. The van der Waals surface area contributed by atoms with Gasteiger partial charge in [0.15, 0.2) is 0 Å². The third-order valence-electron chi connectivity index (χ3n) is 3.96. The van der Waals surface area contributed by atoms with Gasteiger partial charge in [-0.25, -0.2) is 0 Å². The maximum Gasteiger partial charge on any atom is -0.0352 e. The molecule has 2 rings (SSSR count). The van der Waals surface area contributed by atoms with Gasteiger partial charge in [-0.2, -0.15) is 0 Å².